The molecule has 0 spiro atoms. The van der Waals surface area contributed by atoms with E-state index < -0.39 is 21.6 Å². The Kier molecular flexibility index (Phi) is 4.22. The van der Waals surface area contributed by atoms with E-state index in [0.717, 1.165) is 0 Å². The van der Waals surface area contributed by atoms with Crippen LogP contribution in [0, 0.1) is 17.0 Å². The van der Waals surface area contributed by atoms with Gasteiger partial charge in [0.2, 0.25) is 0 Å². The maximum absolute atomic E-state index is 12.7. The number of halogens is 4. The van der Waals surface area contributed by atoms with Crippen LogP contribution in [0.3, 0.4) is 0 Å². The number of rotatable bonds is 3. The van der Waals surface area contributed by atoms with Crippen LogP contribution in [0.5, 0.6) is 0 Å². The molecular weight excluding hydrogens is 355 g/mol. The molecule has 0 amide bonds. The molecular formula is C12H11BrF3N3O2. The molecule has 9 heteroatoms. The van der Waals surface area contributed by atoms with E-state index in [1.165, 1.54) is 17.1 Å². The average molecular weight is 366 g/mol. The van der Waals surface area contributed by atoms with E-state index >= 15 is 0 Å². The topological polar surface area (TPSA) is 58.7 Å². The van der Waals surface area contributed by atoms with Crippen molar-refractivity contribution >= 4 is 27.3 Å². The summed E-state index contributed by atoms with van der Waals surface area (Å²) >= 11 is 2.96. The van der Waals surface area contributed by atoms with E-state index in [9.17, 15) is 23.3 Å². The van der Waals surface area contributed by atoms with Gasteiger partial charge in [0.1, 0.15) is 0 Å². The lowest BCUT2D eigenvalue weighted by atomic mass is 10.1. The summed E-state index contributed by atoms with van der Waals surface area (Å²) in [5.74, 6) is 0. The highest BCUT2D eigenvalue weighted by Gasteiger charge is 2.44. The highest BCUT2D eigenvalue weighted by Crippen LogP contribution is 2.29. The van der Waals surface area contributed by atoms with E-state index in [2.05, 4.69) is 21.0 Å². The minimum atomic E-state index is -4.46. The largest absolute Gasteiger partial charge is 0.432 e. The number of nitro benzene ring substituents is 1. The molecule has 1 atom stereocenters. The quantitative estimate of drug-likeness (QED) is 0.468. The summed E-state index contributed by atoms with van der Waals surface area (Å²) < 4.78 is 38.0. The van der Waals surface area contributed by atoms with Crippen molar-refractivity contribution in [3.8, 4) is 0 Å². The number of hydrogen-bond acceptors (Lipinski definition) is 4. The third-order valence-electron chi connectivity index (χ3n) is 3.03. The molecule has 1 aromatic rings. The SMILES string of the molecule is Cc1cc(CN2CC(Br)C(C(F)(F)F)=N2)ccc1[N+](=O)[O-]. The monoisotopic (exact) mass is 365 g/mol. The van der Waals surface area contributed by atoms with E-state index in [4.69, 9.17) is 0 Å². The second-order valence-electron chi connectivity index (χ2n) is 4.68. The van der Waals surface area contributed by atoms with Gasteiger partial charge in [0.05, 0.1) is 22.8 Å². The van der Waals surface area contributed by atoms with Crippen molar-refractivity contribution in [1.29, 1.82) is 0 Å². The van der Waals surface area contributed by atoms with E-state index in [1.54, 1.807) is 13.0 Å². The summed E-state index contributed by atoms with van der Waals surface area (Å²) in [6.07, 6.45) is -4.46. The Morgan fingerprint density at radius 1 is 1.52 bits per heavy atom. The number of nitrogens with zero attached hydrogens (tertiary/aromatic N) is 3. The molecule has 114 valence electrons. The van der Waals surface area contributed by atoms with Crippen molar-refractivity contribution in [1.82, 2.24) is 5.01 Å². The maximum Gasteiger partial charge on any atom is 0.432 e. The zero-order valence-corrected chi connectivity index (χ0v) is 12.5. The molecule has 1 aliphatic heterocycles. The zero-order valence-electron chi connectivity index (χ0n) is 10.9. The highest BCUT2D eigenvalue weighted by molar-refractivity contribution is 9.10. The smallest absolute Gasteiger partial charge is 0.291 e. The number of aryl methyl sites for hydroxylation is 1. The van der Waals surface area contributed by atoms with Crippen molar-refractivity contribution in [3.63, 3.8) is 0 Å². The van der Waals surface area contributed by atoms with Gasteiger partial charge in [-0.25, -0.2) is 0 Å². The van der Waals surface area contributed by atoms with Crippen molar-refractivity contribution < 1.29 is 18.1 Å². The zero-order chi connectivity index (χ0) is 15.8. The lowest BCUT2D eigenvalue weighted by Crippen LogP contribution is -2.29. The van der Waals surface area contributed by atoms with Crippen molar-refractivity contribution in [2.45, 2.75) is 24.5 Å². The maximum atomic E-state index is 12.7. The predicted octanol–water partition coefficient (Wildman–Crippen LogP) is 3.40. The molecule has 1 unspecified atom stereocenters. The highest BCUT2D eigenvalue weighted by atomic mass is 79.9. The minimum absolute atomic E-state index is 0.0157. The summed E-state index contributed by atoms with van der Waals surface area (Å²) in [5, 5.41) is 15.6. The Bertz CT molecular complexity index is 604. The molecule has 0 fully saturated rings. The van der Waals surface area contributed by atoms with Gasteiger partial charge in [0.15, 0.2) is 5.71 Å². The summed E-state index contributed by atoms with van der Waals surface area (Å²) in [4.78, 5) is 9.36. The summed E-state index contributed by atoms with van der Waals surface area (Å²) in [6, 6.07) is 4.46. The first-order valence-electron chi connectivity index (χ1n) is 5.97. The van der Waals surface area contributed by atoms with Crippen molar-refractivity contribution in [3.05, 3.63) is 39.4 Å². The first-order chi connectivity index (χ1) is 9.68. The Hall–Kier alpha value is -1.64. The van der Waals surface area contributed by atoms with Gasteiger partial charge in [-0.15, -0.1) is 0 Å². The molecule has 0 N–H and O–H groups in total. The molecule has 21 heavy (non-hydrogen) atoms. The Morgan fingerprint density at radius 3 is 2.67 bits per heavy atom. The number of hydrazone groups is 1. The van der Waals surface area contributed by atoms with E-state index in [1.807, 2.05) is 0 Å². The fourth-order valence-electron chi connectivity index (χ4n) is 2.09. The Morgan fingerprint density at radius 2 is 2.19 bits per heavy atom. The van der Waals surface area contributed by atoms with Gasteiger partial charge in [-0.3, -0.25) is 15.1 Å². The molecule has 0 aromatic heterocycles. The fraction of sp³-hybridized carbons (Fsp3) is 0.417. The number of nitro groups is 1. The van der Waals surface area contributed by atoms with Crippen LogP contribution in [0.25, 0.3) is 0 Å². The summed E-state index contributed by atoms with van der Waals surface area (Å²) in [5.41, 5.74) is 0.260. The van der Waals surface area contributed by atoms with Gasteiger partial charge in [-0.1, -0.05) is 22.0 Å². The Labute approximate surface area is 126 Å². The van der Waals surface area contributed by atoms with Crippen molar-refractivity contribution in [2.24, 2.45) is 5.10 Å². The van der Waals surface area contributed by atoms with Crippen LogP contribution < -0.4 is 0 Å². The number of benzene rings is 1. The third kappa shape index (κ3) is 3.52. The Balaban J connectivity index is 2.15. The van der Waals surface area contributed by atoms with Crippen LogP contribution in [0.15, 0.2) is 23.3 Å². The normalized spacial score (nSPS) is 18.8. The molecule has 1 aliphatic rings. The van der Waals surface area contributed by atoms with E-state index in [0.29, 0.717) is 11.1 Å². The lowest BCUT2D eigenvalue weighted by Gasteiger charge is -2.14. The molecule has 0 saturated heterocycles. The third-order valence-corrected chi connectivity index (χ3v) is 3.75. The van der Waals surface area contributed by atoms with Crippen LogP contribution in [-0.4, -0.2) is 33.2 Å². The van der Waals surface area contributed by atoms with Crippen LogP contribution in [0.2, 0.25) is 0 Å². The summed E-state index contributed by atoms with van der Waals surface area (Å²) in [7, 11) is 0. The van der Waals surface area contributed by atoms with Gasteiger partial charge in [-0.2, -0.15) is 18.3 Å². The van der Waals surface area contributed by atoms with Crippen LogP contribution >= 0.6 is 15.9 Å². The van der Waals surface area contributed by atoms with Crippen LogP contribution in [0.1, 0.15) is 11.1 Å². The number of hydrogen-bond donors (Lipinski definition) is 0. The predicted molar refractivity (Wildman–Crippen MR) is 74.4 cm³/mol. The second kappa shape index (κ2) is 5.63. The van der Waals surface area contributed by atoms with Crippen molar-refractivity contribution in [2.75, 3.05) is 6.54 Å². The second-order valence-corrected chi connectivity index (χ2v) is 5.78. The average Bonchev–Trinajstić information content (AvgIpc) is 2.69. The lowest BCUT2D eigenvalue weighted by molar-refractivity contribution is -0.385. The molecule has 0 bridgehead atoms. The molecule has 1 aromatic carbocycles. The standard InChI is InChI=1S/C12H11BrF3N3O2/c1-7-4-8(2-3-10(7)19(20)21)5-18-6-9(13)11(17-18)12(14,15)16/h2-4,9H,5-6H2,1H3. The van der Waals surface area contributed by atoms with Gasteiger partial charge in [0, 0.05) is 11.6 Å². The molecule has 5 nitrogen and oxygen atoms in total. The van der Waals surface area contributed by atoms with Crippen LogP contribution in [-0.2, 0) is 6.54 Å². The number of alkyl halides is 4. The van der Waals surface area contributed by atoms with Crippen LogP contribution in [0.4, 0.5) is 18.9 Å². The fourth-order valence-corrected chi connectivity index (χ4v) is 2.78. The molecule has 0 saturated carbocycles. The van der Waals surface area contributed by atoms with Gasteiger partial charge < -0.3 is 0 Å². The van der Waals surface area contributed by atoms with Gasteiger partial charge in [-0.05, 0) is 18.6 Å². The minimum Gasteiger partial charge on any atom is -0.291 e. The van der Waals surface area contributed by atoms with Gasteiger partial charge >= 0.3 is 6.18 Å². The molecule has 2 rings (SSSR count). The molecule has 1 heterocycles. The van der Waals surface area contributed by atoms with Gasteiger partial charge in [0.25, 0.3) is 5.69 Å². The first-order valence-corrected chi connectivity index (χ1v) is 6.88. The summed E-state index contributed by atoms with van der Waals surface area (Å²) in [6.45, 7) is 1.86. The first kappa shape index (κ1) is 15.7. The molecule has 0 aliphatic carbocycles. The van der Waals surface area contributed by atoms with E-state index in [-0.39, 0.29) is 18.8 Å². The molecule has 0 radical (unpaired) electrons.